The van der Waals surface area contributed by atoms with Crippen LogP contribution < -0.4 is 0 Å². The molecule has 0 aromatic carbocycles. The zero-order valence-corrected chi connectivity index (χ0v) is 8.54. The number of aliphatic hydroxyl groups is 1. The summed E-state index contributed by atoms with van der Waals surface area (Å²) in [5.74, 6) is 1.71. The minimum absolute atomic E-state index is 0.0430. The second-order valence-electron chi connectivity index (χ2n) is 4.99. The van der Waals surface area contributed by atoms with E-state index in [1.165, 1.54) is 51.4 Å². The van der Waals surface area contributed by atoms with Gasteiger partial charge in [-0.1, -0.05) is 38.5 Å². The third-order valence-corrected chi connectivity index (χ3v) is 4.03. The summed E-state index contributed by atoms with van der Waals surface area (Å²) in [5, 5.41) is 9.63. The van der Waals surface area contributed by atoms with Gasteiger partial charge < -0.3 is 5.11 Å². The van der Waals surface area contributed by atoms with Gasteiger partial charge in [-0.05, 0) is 31.1 Å². The number of hydrogen-bond acceptors (Lipinski definition) is 1. The van der Waals surface area contributed by atoms with Crippen LogP contribution in [0.4, 0.5) is 0 Å². The van der Waals surface area contributed by atoms with E-state index in [9.17, 15) is 5.11 Å². The highest BCUT2D eigenvalue weighted by atomic mass is 16.3. The molecule has 0 bridgehead atoms. The van der Waals surface area contributed by atoms with Crippen LogP contribution in [0.3, 0.4) is 0 Å². The number of aliphatic hydroxyl groups excluding tert-OH is 1. The Morgan fingerprint density at radius 1 is 0.923 bits per heavy atom. The molecule has 2 atom stereocenters. The summed E-state index contributed by atoms with van der Waals surface area (Å²) in [6.45, 7) is 0. The van der Waals surface area contributed by atoms with E-state index in [0.717, 1.165) is 12.3 Å². The van der Waals surface area contributed by atoms with Crippen LogP contribution in [-0.2, 0) is 0 Å². The minimum atomic E-state index is 0.0430. The lowest BCUT2D eigenvalue weighted by Gasteiger charge is -2.25. The molecule has 2 aliphatic rings. The second-order valence-corrected chi connectivity index (χ2v) is 4.99. The van der Waals surface area contributed by atoms with Crippen molar-refractivity contribution in [2.45, 2.75) is 63.9 Å². The van der Waals surface area contributed by atoms with Crippen LogP contribution in [0, 0.1) is 11.8 Å². The molecule has 2 aliphatic carbocycles. The van der Waals surface area contributed by atoms with Gasteiger partial charge in [0, 0.05) is 0 Å². The van der Waals surface area contributed by atoms with Crippen molar-refractivity contribution in [3.8, 4) is 0 Å². The molecule has 2 rings (SSSR count). The predicted molar refractivity (Wildman–Crippen MR) is 54.5 cm³/mol. The summed E-state index contributed by atoms with van der Waals surface area (Å²) in [6, 6.07) is 0. The molecule has 0 saturated heterocycles. The monoisotopic (exact) mass is 182 g/mol. The fourth-order valence-corrected chi connectivity index (χ4v) is 2.80. The van der Waals surface area contributed by atoms with Crippen molar-refractivity contribution in [3.63, 3.8) is 0 Å². The van der Waals surface area contributed by atoms with Crippen LogP contribution in [0.5, 0.6) is 0 Å². The molecule has 76 valence electrons. The Hall–Kier alpha value is -0.0400. The molecule has 0 radical (unpaired) electrons. The van der Waals surface area contributed by atoms with Gasteiger partial charge in [0.05, 0.1) is 6.10 Å². The van der Waals surface area contributed by atoms with E-state index in [1.54, 1.807) is 0 Å². The van der Waals surface area contributed by atoms with E-state index in [1.807, 2.05) is 0 Å². The van der Waals surface area contributed by atoms with Gasteiger partial charge in [0.1, 0.15) is 0 Å². The Bertz CT molecular complexity index is 151. The van der Waals surface area contributed by atoms with Crippen LogP contribution in [0.2, 0.25) is 0 Å². The molecular formula is C12H22O. The standard InChI is InChI=1S/C12H22O/c13-12-9-3-8-11(12)7-2-6-10-4-1-5-10/h10-13H,1-9H2. The van der Waals surface area contributed by atoms with Crippen molar-refractivity contribution in [1.82, 2.24) is 0 Å². The molecule has 2 saturated carbocycles. The van der Waals surface area contributed by atoms with Gasteiger partial charge in [0.25, 0.3) is 0 Å². The molecule has 1 heteroatoms. The first-order valence-corrected chi connectivity index (χ1v) is 6.04. The van der Waals surface area contributed by atoms with Gasteiger partial charge in [-0.25, -0.2) is 0 Å². The zero-order chi connectivity index (χ0) is 9.10. The molecular weight excluding hydrogens is 160 g/mol. The molecule has 0 amide bonds. The average molecular weight is 182 g/mol. The van der Waals surface area contributed by atoms with Crippen molar-refractivity contribution < 1.29 is 5.11 Å². The summed E-state index contributed by atoms with van der Waals surface area (Å²) in [6.07, 6.45) is 12.2. The summed E-state index contributed by atoms with van der Waals surface area (Å²) >= 11 is 0. The fourth-order valence-electron chi connectivity index (χ4n) is 2.80. The van der Waals surface area contributed by atoms with Gasteiger partial charge in [-0.2, -0.15) is 0 Å². The van der Waals surface area contributed by atoms with E-state index in [2.05, 4.69) is 0 Å². The quantitative estimate of drug-likeness (QED) is 0.708. The lowest BCUT2D eigenvalue weighted by Crippen LogP contribution is -2.15. The van der Waals surface area contributed by atoms with Crippen molar-refractivity contribution >= 4 is 0 Å². The maximum atomic E-state index is 9.63. The first kappa shape index (κ1) is 9.51. The molecule has 1 nitrogen and oxygen atoms in total. The maximum absolute atomic E-state index is 9.63. The lowest BCUT2D eigenvalue weighted by atomic mass is 9.81. The Morgan fingerprint density at radius 3 is 2.23 bits per heavy atom. The highest BCUT2D eigenvalue weighted by Crippen LogP contribution is 2.34. The van der Waals surface area contributed by atoms with Crippen LogP contribution in [-0.4, -0.2) is 11.2 Å². The van der Waals surface area contributed by atoms with Gasteiger partial charge in [0.2, 0.25) is 0 Å². The molecule has 0 heterocycles. The molecule has 1 N–H and O–H groups in total. The van der Waals surface area contributed by atoms with Crippen molar-refractivity contribution in [3.05, 3.63) is 0 Å². The molecule has 0 aromatic heterocycles. The molecule has 2 unspecified atom stereocenters. The molecule has 2 fully saturated rings. The van der Waals surface area contributed by atoms with Gasteiger partial charge >= 0.3 is 0 Å². The Balaban J connectivity index is 1.56. The van der Waals surface area contributed by atoms with Crippen molar-refractivity contribution in [1.29, 1.82) is 0 Å². The highest BCUT2D eigenvalue weighted by molar-refractivity contribution is 4.77. The number of rotatable bonds is 4. The summed E-state index contributed by atoms with van der Waals surface area (Å²) in [7, 11) is 0. The maximum Gasteiger partial charge on any atom is 0.0568 e. The first-order chi connectivity index (χ1) is 6.36. The minimum Gasteiger partial charge on any atom is -0.393 e. The van der Waals surface area contributed by atoms with Crippen LogP contribution in [0.15, 0.2) is 0 Å². The summed E-state index contributed by atoms with van der Waals surface area (Å²) in [4.78, 5) is 0. The third-order valence-electron chi connectivity index (χ3n) is 4.03. The normalized spacial score (nSPS) is 34.8. The smallest absolute Gasteiger partial charge is 0.0568 e. The summed E-state index contributed by atoms with van der Waals surface area (Å²) < 4.78 is 0. The molecule has 0 spiro atoms. The second kappa shape index (κ2) is 4.45. The molecule has 0 aliphatic heterocycles. The average Bonchev–Trinajstić information content (AvgIpc) is 2.42. The Labute approximate surface area is 81.5 Å². The van der Waals surface area contributed by atoms with Crippen LogP contribution in [0.1, 0.15) is 57.8 Å². The van der Waals surface area contributed by atoms with Gasteiger partial charge in [-0.3, -0.25) is 0 Å². The van der Waals surface area contributed by atoms with Gasteiger partial charge in [0.15, 0.2) is 0 Å². The van der Waals surface area contributed by atoms with E-state index < -0.39 is 0 Å². The molecule has 0 aromatic rings. The van der Waals surface area contributed by atoms with Crippen LogP contribution in [0.25, 0.3) is 0 Å². The number of hydrogen-bond donors (Lipinski definition) is 1. The van der Waals surface area contributed by atoms with E-state index in [0.29, 0.717) is 5.92 Å². The van der Waals surface area contributed by atoms with Gasteiger partial charge in [-0.15, -0.1) is 0 Å². The third kappa shape index (κ3) is 2.46. The Morgan fingerprint density at radius 2 is 1.69 bits per heavy atom. The highest BCUT2D eigenvalue weighted by Gasteiger charge is 2.25. The SMILES string of the molecule is OC1CCCC1CCCC1CCC1. The van der Waals surface area contributed by atoms with E-state index >= 15 is 0 Å². The zero-order valence-electron chi connectivity index (χ0n) is 8.54. The Kier molecular flexibility index (Phi) is 3.26. The topological polar surface area (TPSA) is 20.2 Å². The lowest BCUT2D eigenvalue weighted by molar-refractivity contribution is 0.124. The molecule has 13 heavy (non-hydrogen) atoms. The van der Waals surface area contributed by atoms with Crippen LogP contribution >= 0.6 is 0 Å². The van der Waals surface area contributed by atoms with Crippen molar-refractivity contribution in [2.75, 3.05) is 0 Å². The fraction of sp³-hybridized carbons (Fsp3) is 1.00. The van der Waals surface area contributed by atoms with E-state index in [4.69, 9.17) is 0 Å². The summed E-state index contributed by atoms with van der Waals surface area (Å²) in [5.41, 5.74) is 0. The van der Waals surface area contributed by atoms with Crippen molar-refractivity contribution in [2.24, 2.45) is 11.8 Å². The first-order valence-electron chi connectivity index (χ1n) is 6.04. The van der Waals surface area contributed by atoms with E-state index in [-0.39, 0.29) is 6.10 Å². The predicted octanol–water partition coefficient (Wildman–Crippen LogP) is 3.12. The largest absolute Gasteiger partial charge is 0.393 e.